The molecule has 1 saturated heterocycles. The van der Waals surface area contributed by atoms with E-state index in [0.717, 1.165) is 58.3 Å². The summed E-state index contributed by atoms with van der Waals surface area (Å²) in [6, 6.07) is 8.51. The summed E-state index contributed by atoms with van der Waals surface area (Å²) in [5, 5.41) is 8.20. The summed E-state index contributed by atoms with van der Waals surface area (Å²) in [5.41, 5.74) is 3.87. The Balaban J connectivity index is 1.59. The van der Waals surface area contributed by atoms with E-state index in [4.69, 9.17) is 9.73 Å². The first-order chi connectivity index (χ1) is 13.5. The van der Waals surface area contributed by atoms with Crippen LogP contribution in [0.1, 0.15) is 32.0 Å². The molecule has 6 heteroatoms. The third-order valence-electron chi connectivity index (χ3n) is 5.53. The molecule has 0 amide bonds. The number of ether oxygens (including phenoxy) is 1. The molecule has 1 aliphatic heterocycles. The number of aromatic nitrogens is 1. The predicted octanol–water partition coefficient (Wildman–Crippen LogP) is 2.68. The van der Waals surface area contributed by atoms with Crippen molar-refractivity contribution in [2.45, 2.75) is 39.7 Å². The number of aliphatic imine (C=N–C) groups is 1. The molecule has 0 spiro atoms. The second kappa shape index (κ2) is 9.43. The number of H-pyrrole nitrogens is 1. The maximum Gasteiger partial charge on any atom is 0.191 e. The molecule has 3 N–H and O–H groups in total. The minimum atomic E-state index is 0.0273. The van der Waals surface area contributed by atoms with Crippen LogP contribution >= 0.6 is 0 Å². The molecule has 6 nitrogen and oxygen atoms in total. The topological polar surface area (TPSA) is 64.7 Å². The van der Waals surface area contributed by atoms with E-state index >= 15 is 0 Å². The minimum absolute atomic E-state index is 0.0273. The highest BCUT2D eigenvalue weighted by Gasteiger charge is 2.28. The Hall–Kier alpha value is -2.05. The number of nitrogens with one attached hydrogen (secondary N) is 3. The van der Waals surface area contributed by atoms with E-state index in [-0.39, 0.29) is 5.54 Å². The van der Waals surface area contributed by atoms with Gasteiger partial charge in [0, 0.05) is 48.3 Å². The molecule has 0 aliphatic carbocycles. The van der Waals surface area contributed by atoms with E-state index < -0.39 is 0 Å². The highest BCUT2D eigenvalue weighted by molar-refractivity contribution is 5.84. The van der Waals surface area contributed by atoms with Gasteiger partial charge in [0.15, 0.2) is 5.96 Å². The largest absolute Gasteiger partial charge is 0.379 e. The van der Waals surface area contributed by atoms with Gasteiger partial charge in [0.25, 0.3) is 0 Å². The number of para-hydroxylation sites is 1. The summed E-state index contributed by atoms with van der Waals surface area (Å²) >= 11 is 0. The van der Waals surface area contributed by atoms with Crippen LogP contribution < -0.4 is 10.6 Å². The number of hydrogen-bond acceptors (Lipinski definition) is 3. The van der Waals surface area contributed by atoms with Gasteiger partial charge in [-0.05, 0) is 45.7 Å². The second-order valence-electron chi connectivity index (χ2n) is 8.06. The molecular weight excluding hydrogens is 350 g/mol. The molecule has 0 bridgehead atoms. The normalized spacial score (nSPS) is 16.5. The van der Waals surface area contributed by atoms with Crippen LogP contribution in [-0.2, 0) is 11.2 Å². The van der Waals surface area contributed by atoms with Crippen LogP contribution in [0.2, 0.25) is 0 Å². The van der Waals surface area contributed by atoms with Crippen molar-refractivity contribution < 1.29 is 4.74 Å². The first-order valence-electron chi connectivity index (χ1n) is 10.4. The lowest BCUT2D eigenvalue weighted by Gasteiger charge is -2.39. The summed E-state index contributed by atoms with van der Waals surface area (Å²) < 4.78 is 5.48. The zero-order valence-electron chi connectivity index (χ0n) is 17.8. The van der Waals surface area contributed by atoms with Gasteiger partial charge >= 0.3 is 0 Å². The summed E-state index contributed by atoms with van der Waals surface area (Å²) in [7, 11) is 0. The Morgan fingerprint density at radius 3 is 2.71 bits per heavy atom. The monoisotopic (exact) mass is 385 g/mol. The van der Waals surface area contributed by atoms with E-state index in [1.165, 1.54) is 22.2 Å². The number of morpholine rings is 1. The van der Waals surface area contributed by atoms with Crippen LogP contribution in [0.5, 0.6) is 0 Å². The highest BCUT2D eigenvalue weighted by Crippen LogP contribution is 2.22. The average molecular weight is 386 g/mol. The molecule has 28 heavy (non-hydrogen) atoms. The second-order valence-corrected chi connectivity index (χ2v) is 8.06. The first kappa shape index (κ1) is 20.7. The van der Waals surface area contributed by atoms with E-state index in [0.29, 0.717) is 0 Å². The van der Waals surface area contributed by atoms with Crippen molar-refractivity contribution in [3.63, 3.8) is 0 Å². The maximum absolute atomic E-state index is 5.48. The van der Waals surface area contributed by atoms with Crippen LogP contribution in [0.15, 0.2) is 29.3 Å². The summed E-state index contributed by atoms with van der Waals surface area (Å²) in [4.78, 5) is 10.8. The third kappa shape index (κ3) is 5.06. The Morgan fingerprint density at radius 1 is 1.21 bits per heavy atom. The Bertz CT molecular complexity index is 789. The molecular formula is C22H35N5O. The fraction of sp³-hybridized carbons (Fsp3) is 0.591. The molecule has 3 rings (SSSR count). The van der Waals surface area contributed by atoms with Gasteiger partial charge in [0.1, 0.15) is 0 Å². The molecule has 0 saturated carbocycles. The maximum atomic E-state index is 5.48. The lowest BCUT2D eigenvalue weighted by Crippen LogP contribution is -2.52. The highest BCUT2D eigenvalue weighted by atomic mass is 16.5. The van der Waals surface area contributed by atoms with Crippen molar-refractivity contribution >= 4 is 16.9 Å². The number of hydrogen-bond donors (Lipinski definition) is 3. The van der Waals surface area contributed by atoms with Crippen molar-refractivity contribution in [2.75, 3.05) is 45.9 Å². The van der Waals surface area contributed by atoms with Gasteiger partial charge in [-0.2, -0.15) is 0 Å². The van der Waals surface area contributed by atoms with Crippen molar-refractivity contribution in [1.29, 1.82) is 0 Å². The predicted molar refractivity (Wildman–Crippen MR) is 117 cm³/mol. The molecule has 154 valence electrons. The molecule has 1 aromatic carbocycles. The smallest absolute Gasteiger partial charge is 0.191 e. The Morgan fingerprint density at radius 2 is 1.96 bits per heavy atom. The number of rotatable bonds is 7. The van der Waals surface area contributed by atoms with Gasteiger partial charge in [-0.25, -0.2) is 0 Å². The molecule has 0 atom stereocenters. The van der Waals surface area contributed by atoms with Crippen molar-refractivity contribution in [3.05, 3.63) is 35.5 Å². The number of fused-ring (bicyclic) bond motifs is 1. The zero-order chi connectivity index (χ0) is 20.0. The number of aromatic amines is 1. The quantitative estimate of drug-likeness (QED) is 0.506. The molecule has 2 heterocycles. The molecule has 0 radical (unpaired) electrons. The van der Waals surface area contributed by atoms with Crippen LogP contribution in [-0.4, -0.2) is 67.3 Å². The van der Waals surface area contributed by atoms with Crippen LogP contribution in [0, 0.1) is 6.92 Å². The fourth-order valence-corrected chi connectivity index (χ4v) is 3.85. The van der Waals surface area contributed by atoms with Crippen LogP contribution in [0.4, 0.5) is 0 Å². The fourth-order valence-electron chi connectivity index (χ4n) is 3.85. The molecule has 1 fully saturated rings. The number of aryl methyl sites for hydroxylation is 1. The van der Waals surface area contributed by atoms with E-state index in [2.05, 4.69) is 72.5 Å². The first-order valence-corrected chi connectivity index (χ1v) is 10.4. The SMILES string of the molecule is CCNC(=NCC(C)(C)N1CCOCC1)NCCc1c(C)[nH]c2ccccc12. The van der Waals surface area contributed by atoms with Gasteiger partial charge in [-0.3, -0.25) is 9.89 Å². The van der Waals surface area contributed by atoms with E-state index in [1.54, 1.807) is 0 Å². The van der Waals surface area contributed by atoms with Crippen LogP contribution in [0.25, 0.3) is 10.9 Å². The lowest BCUT2D eigenvalue weighted by atomic mass is 10.0. The standard InChI is InChI=1S/C22H35N5O/c1-5-23-21(25-16-22(3,4)27-12-14-28-15-13-27)24-11-10-18-17(2)26-20-9-7-6-8-19(18)20/h6-9,26H,5,10-16H2,1-4H3,(H2,23,24,25). The van der Waals surface area contributed by atoms with Gasteiger partial charge < -0.3 is 20.4 Å². The zero-order valence-corrected chi connectivity index (χ0v) is 17.8. The van der Waals surface area contributed by atoms with Crippen molar-refractivity contribution in [3.8, 4) is 0 Å². The third-order valence-corrected chi connectivity index (χ3v) is 5.53. The van der Waals surface area contributed by atoms with Gasteiger partial charge in [-0.1, -0.05) is 18.2 Å². The summed E-state index contributed by atoms with van der Waals surface area (Å²) in [5.74, 6) is 0.890. The number of guanidine groups is 1. The Labute approximate surface area is 168 Å². The minimum Gasteiger partial charge on any atom is -0.379 e. The Kier molecular flexibility index (Phi) is 6.97. The molecule has 1 aromatic heterocycles. The summed E-state index contributed by atoms with van der Waals surface area (Å²) in [6.07, 6.45) is 0.965. The van der Waals surface area contributed by atoms with Crippen molar-refractivity contribution in [2.24, 2.45) is 4.99 Å². The van der Waals surface area contributed by atoms with Gasteiger partial charge in [0.2, 0.25) is 0 Å². The lowest BCUT2D eigenvalue weighted by molar-refractivity contribution is -0.00683. The molecule has 0 unspecified atom stereocenters. The molecule has 1 aliphatic rings. The number of benzene rings is 1. The number of nitrogens with zero attached hydrogens (tertiary/aromatic N) is 2. The van der Waals surface area contributed by atoms with E-state index in [1.807, 2.05) is 0 Å². The van der Waals surface area contributed by atoms with Gasteiger partial charge in [-0.15, -0.1) is 0 Å². The van der Waals surface area contributed by atoms with Crippen molar-refractivity contribution in [1.82, 2.24) is 20.5 Å². The van der Waals surface area contributed by atoms with Gasteiger partial charge in [0.05, 0.1) is 19.8 Å². The summed E-state index contributed by atoms with van der Waals surface area (Å²) in [6.45, 7) is 14.8. The van der Waals surface area contributed by atoms with E-state index in [9.17, 15) is 0 Å². The van der Waals surface area contributed by atoms with Crippen LogP contribution in [0.3, 0.4) is 0 Å². The average Bonchev–Trinajstić information content (AvgIpc) is 3.02. The molecule has 2 aromatic rings.